The van der Waals surface area contributed by atoms with Crippen LogP contribution in [0.4, 0.5) is 0 Å². The molecule has 0 amide bonds. The fraction of sp³-hybridized carbons (Fsp3) is 0.923. The Hall–Kier alpha value is -0.570. The zero-order chi connectivity index (χ0) is 11.6. The smallest absolute Gasteiger partial charge is 0.0985 e. The van der Waals surface area contributed by atoms with E-state index < -0.39 is 0 Å². The fourth-order valence-electron chi connectivity index (χ4n) is 2.39. The Morgan fingerprint density at radius 3 is 2.12 bits per heavy atom. The predicted octanol–water partition coefficient (Wildman–Crippen LogP) is 3.75. The second-order valence-electron chi connectivity index (χ2n) is 4.68. The largest absolute Gasteiger partial charge is 0.411 e. The van der Waals surface area contributed by atoms with Crippen LogP contribution in [0.2, 0.25) is 0 Å². The molecule has 0 saturated heterocycles. The Bertz CT molecular complexity index is 204. The average molecular weight is 227 g/mol. The van der Waals surface area contributed by atoms with Crippen molar-refractivity contribution in [3.05, 3.63) is 0 Å². The lowest BCUT2D eigenvalue weighted by molar-refractivity contribution is 0.139. The maximum Gasteiger partial charge on any atom is 0.0985 e. The highest BCUT2D eigenvalue weighted by molar-refractivity contribution is 5.88. The van der Waals surface area contributed by atoms with Gasteiger partial charge in [0.05, 0.1) is 11.8 Å². The summed E-state index contributed by atoms with van der Waals surface area (Å²) in [6, 6.07) is 0. The van der Waals surface area contributed by atoms with Gasteiger partial charge in [0.15, 0.2) is 0 Å². The standard InChI is InChI=1S/C13H25NO2/c1-16-13-11-9-7-5-3-2-4-6-8-10-12(13)14-15/h13,15H,2-11H2,1H3. The van der Waals surface area contributed by atoms with Crippen molar-refractivity contribution in [2.75, 3.05) is 7.11 Å². The second kappa shape index (κ2) is 8.57. The van der Waals surface area contributed by atoms with Crippen molar-refractivity contribution in [2.45, 2.75) is 70.3 Å². The average Bonchev–Trinajstić information content (AvgIpc) is 2.30. The number of hydrogen-bond donors (Lipinski definition) is 1. The lowest BCUT2D eigenvalue weighted by Crippen LogP contribution is -2.23. The van der Waals surface area contributed by atoms with Crippen LogP contribution >= 0.6 is 0 Å². The first-order valence-corrected chi connectivity index (χ1v) is 6.62. The van der Waals surface area contributed by atoms with Gasteiger partial charge in [0.1, 0.15) is 0 Å². The molecular weight excluding hydrogens is 202 g/mol. The molecule has 0 aromatic rings. The molecule has 1 rings (SSSR count). The van der Waals surface area contributed by atoms with Gasteiger partial charge in [-0.1, -0.05) is 50.1 Å². The van der Waals surface area contributed by atoms with Gasteiger partial charge in [0, 0.05) is 7.11 Å². The Kier molecular flexibility index (Phi) is 7.23. The van der Waals surface area contributed by atoms with E-state index in [1.807, 2.05) is 0 Å². The normalized spacial score (nSPS) is 28.3. The van der Waals surface area contributed by atoms with E-state index in [1.165, 1.54) is 44.9 Å². The Morgan fingerprint density at radius 2 is 1.56 bits per heavy atom. The summed E-state index contributed by atoms with van der Waals surface area (Å²) < 4.78 is 5.41. The topological polar surface area (TPSA) is 41.8 Å². The van der Waals surface area contributed by atoms with Crippen LogP contribution in [0.25, 0.3) is 0 Å². The molecule has 0 bridgehead atoms. The minimum Gasteiger partial charge on any atom is -0.411 e. The minimum absolute atomic E-state index is 0.0319. The molecule has 3 nitrogen and oxygen atoms in total. The Labute approximate surface area is 98.9 Å². The molecule has 0 aromatic carbocycles. The molecule has 16 heavy (non-hydrogen) atoms. The zero-order valence-corrected chi connectivity index (χ0v) is 10.5. The van der Waals surface area contributed by atoms with E-state index in [-0.39, 0.29) is 6.10 Å². The van der Waals surface area contributed by atoms with Crippen molar-refractivity contribution in [3.8, 4) is 0 Å². The first-order valence-electron chi connectivity index (χ1n) is 6.62. The van der Waals surface area contributed by atoms with Crippen molar-refractivity contribution < 1.29 is 9.94 Å². The van der Waals surface area contributed by atoms with E-state index >= 15 is 0 Å². The quantitative estimate of drug-likeness (QED) is 0.547. The van der Waals surface area contributed by atoms with E-state index in [1.54, 1.807) is 7.11 Å². The van der Waals surface area contributed by atoms with Crippen LogP contribution in [-0.2, 0) is 4.74 Å². The number of nitrogens with zero attached hydrogens (tertiary/aromatic N) is 1. The van der Waals surface area contributed by atoms with Crippen molar-refractivity contribution in [2.24, 2.45) is 5.16 Å². The molecule has 1 aliphatic carbocycles. The van der Waals surface area contributed by atoms with Gasteiger partial charge in [-0.05, 0) is 19.3 Å². The van der Waals surface area contributed by atoms with Gasteiger partial charge in [0.25, 0.3) is 0 Å². The van der Waals surface area contributed by atoms with E-state index in [0.717, 1.165) is 25.0 Å². The van der Waals surface area contributed by atoms with Gasteiger partial charge < -0.3 is 9.94 Å². The molecule has 0 aliphatic heterocycles. The molecule has 3 heteroatoms. The number of rotatable bonds is 1. The van der Waals surface area contributed by atoms with Crippen LogP contribution in [-0.4, -0.2) is 24.1 Å². The van der Waals surface area contributed by atoms with Crippen LogP contribution in [0, 0.1) is 0 Å². The van der Waals surface area contributed by atoms with Gasteiger partial charge in [-0.2, -0.15) is 0 Å². The molecule has 0 heterocycles. The first-order chi connectivity index (χ1) is 7.88. The maximum absolute atomic E-state index is 9.01. The summed E-state index contributed by atoms with van der Waals surface area (Å²) in [6.45, 7) is 0. The first kappa shape index (κ1) is 13.5. The zero-order valence-electron chi connectivity index (χ0n) is 10.5. The van der Waals surface area contributed by atoms with Gasteiger partial charge in [-0.25, -0.2) is 0 Å². The summed E-state index contributed by atoms with van der Waals surface area (Å²) in [4.78, 5) is 0. The molecule has 1 atom stereocenters. The highest BCUT2D eigenvalue weighted by atomic mass is 16.5. The van der Waals surface area contributed by atoms with Crippen molar-refractivity contribution in [3.63, 3.8) is 0 Å². The molecule has 94 valence electrons. The third-order valence-electron chi connectivity index (χ3n) is 3.43. The highest BCUT2D eigenvalue weighted by Crippen LogP contribution is 2.17. The maximum atomic E-state index is 9.01. The molecular formula is C13H25NO2. The monoisotopic (exact) mass is 227 g/mol. The number of methoxy groups -OCH3 is 1. The molecule has 1 aliphatic rings. The molecule has 0 radical (unpaired) electrons. The molecule has 0 spiro atoms. The van der Waals surface area contributed by atoms with E-state index in [9.17, 15) is 0 Å². The number of ether oxygens (including phenoxy) is 1. The van der Waals surface area contributed by atoms with Gasteiger partial charge >= 0.3 is 0 Å². The summed E-state index contributed by atoms with van der Waals surface area (Å²) in [6.07, 6.45) is 12.1. The third kappa shape index (κ3) is 4.97. The fourth-order valence-corrected chi connectivity index (χ4v) is 2.39. The number of oxime groups is 1. The van der Waals surface area contributed by atoms with Gasteiger partial charge in [0.2, 0.25) is 0 Å². The Morgan fingerprint density at radius 1 is 1.00 bits per heavy atom. The number of hydrogen-bond acceptors (Lipinski definition) is 3. The molecule has 1 unspecified atom stereocenters. The van der Waals surface area contributed by atoms with Crippen LogP contribution in [0.15, 0.2) is 5.16 Å². The summed E-state index contributed by atoms with van der Waals surface area (Å²) in [5.41, 5.74) is 0.836. The van der Waals surface area contributed by atoms with Gasteiger partial charge in [-0.15, -0.1) is 0 Å². The molecule has 0 aromatic heterocycles. The molecule has 1 fully saturated rings. The Balaban J connectivity index is 2.45. The van der Waals surface area contributed by atoms with Gasteiger partial charge in [-0.3, -0.25) is 0 Å². The summed E-state index contributed by atoms with van der Waals surface area (Å²) in [5, 5.41) is 12.4. The van der Waals surface area contributed by atoms with Crippen LogP contribution < -0.4 is 0 Å². The third-order valence-corrected chi connectivity index (χ3v) is 3.43. The van der Waals surface area contributed by atoms with Crippen molar-refractivity contribution in [1.82, 2.24) is 0 Å². The van der Waals surface area contributed by atoms with Crippen molar-refractivity contribution >= 4 is 5.71 Å². The molecule has 1 saturated carbocycles. The lowest BCUT2D eigenvalue weighted by Gasteiger charge is -2.17. The van der Waals surface area contributed by atoms with Crippen molar-refractivity contribution in [1.29, 1.82) is 0 Å². The molecule has 1 N–H and O–H groups in total. The predicted molar refractivity (Wildman–Crippen MR) is 66.2 cm³/mol. The van der Waals surface area contributed by atoms with Crippen LogP contribution in [0.3, 0.4) is 0 Å². The van der Waals surface area contributed by atoms with E-state index in [0.29, 0.717) is 0 Å². The summed E-state index contributed by atoms with van der Waals surface area (Å²) in [5.74, 6) is 0. The lowest BCUT2D eigenvalue weighted by atomic mass is 9.98. The summed E-state index contributed by atoms with van der Waals surface area (Å²) in [7, 11) is 1.71. The van der Waals surface area contributed by atoms with Crippen LogP contribution in [0.5, 0.6) is 0 Å². The summed E-state index contributed by atoms with van der Waals surface area (Å²) >= 11 is 0. The SMILES string of the molecule is COC1CCCCCCCCCCC1=NO. The second-order valence-corrected chi connectivity index (χ2v) is 4.68. The van der Waals surface area contributed by atoms with E-state index in [2.05, 4.69) is 5.16 Å². The van der Waals surface area contributed by atoms with E-state index in [4.69, 9.17) is 9.94 Å². The van der Waals surface area contributed by atoms with Crippen LogP contribution in [0.1, 0.15) is 64.2 Å². The highest BCUT2D eigenvalue weighted by Gasteiger charge is 2.15. The minimum atomic E-state index is 0.0319.